The summed E-state index contributed by atoms with van der Waals surface area (Å²) in [6.45, 7) is 3.25. The second kappa shape index (κ2) is 9.65. The van der Waals surface area contributed by atoms with Gasteiger partial charge >= 0.3 is 0 Å². The zero-order chi connectivity index (χ0) is 24.7. The number of rotatable bonds is 5. The van der Waals surface area contributed by atoms with Crippen molar-refractivity contribution in [3.05, 3.63) is 70.5 Å². The van der Waals surface area contributed by atoms with Crippen LogP contribution in [0.5, 0.6) is 0 Å². The van der Waals surface area contributed by atoms with Crippen LogP contribution in [-0.2, 0) is 17.2 Å². The Balaban J connectivity index is 1.24. The largest absolute Gasteiger partial charge is 0.355 e. The van der Waals surface area contributed by atoms with Crippen LogP contribution >= 0.6 is 23.4 Å². The third-order valence-corrected chi connectivity index (χ3v) is 9.38. The van der Waals surface area contributed by atoms with Crippen molar-refractivity contribution in [1.82, 2.24) is 9.97 Å². The van der Waals surface area contributed by atoms with Crippen LogP contribution in [0.25, 0.3) is 0 Å². The number of piperidine rings is 1. The van der Waals surface area contributed by atoms with E-state index in [2.05, 4.69) is 20.9 Å². The second-order valence-corrected chi connectivity index (χ2v) is 12.2. The molecule has 182 valence electrons. The first-order valence-electron chi connectivity index (χ1n) is 11.5. The van der Waals surface area contributed by atoms with Crippen molar-refractivity contribution in [1.29, 1.82) is 0 Å². The van der Waals surface area contributed by atoms with Crippen LogP contribution in [0.3, 0.4) is 0 Å². The summed E-state index contributed by atoms with van der Waals surface area (Å²) in [5, 5.41) is 1.22. The maximum absolute atomic E-state index is 11.9. The molecule has 1 saturated heterocycles. The average molecular weight is 527 g/mol. The van der Waals surface area contributed by atoms with Crippen molar-refractivity contribution >= 4 is 45.8 Å². The van der Waals surface area contributed by atoms with Gasteiger partial charge in [0.2, 0.25) is 0 Å². The molecule has 1 aromatic heterocycles. The smallest absolute Gasteiger partial charge is 0.161 e. The van der Waals surface area contributed by atoms with Gasteiger partial charge in [0.15, 0.2) is 5.78 Å². The number of aromatic nitrogens is 2. The van der Waals surface area contributed by atoms with Gasteiger partial charge in [-0.1, -0.05) is 29.4 Å². The van der Waals surface area contributed by atoms with Gasteiger partial charge in [-0.3, -0.25) is 9.00 Å². The normalized spacial score (nSPS) is 19.5. The molecular weight excluding hydrogens is 500 g/mol. The molecule has 2 aromatic carbocycles. The van der Waals surface area contributed by atoms with Crippen LogP contribution in [-0.4, -0.2) is 39.3 Å². The number of hydrogen-bond donors (Lipinski definition) is 1. The maximum atomic E-state index is 11.9. The fourth-order valence-corrected chi connectivity index (χ4v) is 6.74. The highest BCUT2D eigenvalue weighted by Gasteiger charge is 2.46. The van der Waals surface area contributed by atoms with Gasteiger partial charge in [-0.25, -0.2) is 9.97 Å². The lowest BCUT2D eigenvalue weighted by Crippen LogP contribution is -2.44. The quantitative estimate of drug-likeness (QED) is 0.464. The molecule has 2 heterocycles. The van der Waals surface area contributed by atoms with Gasteiger partial charge < -0.3 is 10.6 Å². The monoisotopic (exact) mass is 526 g/mol. The molecule has 2 atom stereocenters. The lowest BCUT2D eigenvalue weighted by atomic mass is 9.73. The van der Waals surface area contributed by atoms with Crippen molar-refractivity contribution in [3.8, 4) is 0 Å². The molecule has 2 N–H and O–H groups in total. The number of halogens is 1. The summed E-state index contributed by atoms with van der Waals surface area (Å²) in [4.78, 5) is 25.0. The zero-order valence-electron chi connectivity index (χ0n) is 19.7. The fraction of sp³-hybridized carbons (Fsp3) is 0.346. The number of anilines is 1. The first-order valence-corrected chi connectivity index (χ1v) is 14.3. The molecule has 2 aliphatic rings. The number of carbonyl (C=O) groups is 1. The van der Waals surface area contributed by atoms with Crippen molar-refractivity contribution in [2.45, 2.75) is 47.0 Å². The van der Waals surface area contributed by atoms with Crippen molar-refractivity contribution in [3.63, 3.8) is 0 Å². The average Bonchev–Trinajstić information content (AvgIpc) is 3.11. The Kier molecular flexibility index (Phi) is 6.74. The lowest BCUT2D eigenvalue weighted by molar-refractivity contribution is 0.101. The summed E-state index contributed by atoms with van der Waals surface area (Å²) < 4.78 is 11.9. The Morgan fingerprint density at radius 2 is 1.94 bits per heavy atom. The molecule has 1 aliphatic heterocycles. The van der Waals surface area contributed by atoms with Crippen LogP contribution in [0.15, 0.2) is 63.6 Å². The zero-order valence-corrected chi connectivity index (χ0v) is 22.1. The standard InChI is InChI=1S/C26H27ClN4O2S2/c1-16(32)20-11-18(4-6-22(20)27)34-24-15-29-23(14-30-24)31-9-7-26(8-10-31)13-17-3-5-19(35(2)33)12-21(17)25(26)28/h3-6,11-12,14-15,25H,7-10,13,28H2,1-2H3/t25-,35?/m1/s1. The summed E-state index contributed by atoms with van der Waals surface area (Å²) in [5.41, 5.74) is 9.76. The van der Waals surface area contributed by atoms with E-state index in [9.17, 15) is 9.00 Å². The molecular formula is C26H27ClN4O2S2. The number of nitrogens with zero attached hydrogens (tertiary/aromatic N) is 3. The summed E-state index contributed by atoms with van der Waals surface area (Å²) in [6.07, 6.45) is 8.22. The minimum absolute atomic E-state index is 0.0349. The van der Waals surface area contributed by atoms with Crippen molar-refractivity contribution < 1.29 is 9.00 Å². The van der Waals surface area contributed by atoms with Gasteiger partial charge in [0.05, 0.1) is 17.4 Å². The van der Waals surface area contributed by atoms with Crippen LogP contribution in [0.2, 0.25) is 5.02 Å². The molecule has 1 unspecified atom stereocenters. The van der Waals surface area contributed by atoms with Gasteiger partial charge in [0.1, 0.15) is 10.8 Å². The van der Waals surface area contributed by atoms with Gasteiger partial charge in [-0.05, 0) is 73.1 Å². The number of ketones is 1. The number of hydrogen-bond acceptors (Lipinski definition) is 7. The molecule has 0 amide bonds. The van der Waals surface area contributed by atoms with Crippen LogP contribution in [0, 0.1) is 5.41 Å². The Morgan fingerprint density at radius 1 is 1.17 bits per heavy atom. The molecule has 3 aromatic rings. The molecule has 1 fully saturated rings. The van der Waals surface area contributed by atoms with E-state index >= 15 is 0 Å². The third kappa shape index (κ3) is 4.77. The third-order valence-electron chi connectivity index (χ3n) is 7.22. The van der Waals surface area contributed by atoms with Crippen LogP contribution in [0.4, 0.5) is 5.82 Å². The van der Waals surface area contributed by atoms with Gasteiger partial charge in [-0.15, -0.1) is 0 Å². The molecule has 0 saturated carbocycles. The number of carbonyl (C=O) groups excluding carboxylic acids is 1. The molecule has 0 radical (unpaired) electrons. The lowest BCUT2D eigenvalue weighted by Gasteiger charge is -2.42. The van der Waals surface area contributed by atoms with Crippen molar-refractivity contribution in [2.24, 2.45) is 11.1 Å². The Hall–Kier alpha value is -2.26. The molecule has 9 heteroatoms. The summed E-state index contributed by atoms with van der Waals surface area (Å²) in [5.74, 6) is 0.796. The highest BCUT2D eigenvalue weighted by molar-refractivity contribution is 7.99. The molecule has 0 bridgehead atoms. The predicted octanol–water partition coefficient (Wildman–Crippen LogP) is 5.06. The van der Waals surface area contributed by atoms with Crippen LogP contribution in [0.1, 0.15) is 47.3 Å². The van der Waals surface area contributed by atoms with Gasteiger partial charge in [0.25, 0.3) is 0 Å². The van der Waals surface area contributed by atoms with E-state index < -0.39 is 10.8 Å². The van der Waals surface area contributed by atoms with Gasteiger partial charge in [0, 0.05) is 51.5 Å². The van der Waals surface area contributed by atoms with Crippen molar-refractivity contribution in [2.75, 3.05) is 24.2 Å². The Bertz CT molecular complexity index is 1310. The summed E-state index contributed by atoms with van der Waals surface area (Å²) in [7, 11) is -1.00. The summed E-state index contributed by atoms with van der Waals surface area (Å²) >= 11 is 7.57. The molecule has 35 heavy (non-hydrogen) atoms. The van der Waals surface area contributed by atoms with E-state index in [-0.39, 0.29) is 17.2 Å². The minimum Gasteiger partial charge on any atom is -0.355 e. The number of Topliss-reactive ketones (excluding diaryl/α,β-unsaturated/α-hetero) is 1. The van der Waals surface area contributed by atoms with E-state index in [0.29, 0.717) is 10.6 Å². The topological polar surface area (TPSA) is 89.2 Å². The summed E-state index contributed by atoms with van der Waals surface area (Å²) in [6, 6.07) is 11.5. The van der Waals surface area contributed by atoms with E-state index in [1.165, 1.54) is 24.2 Å². The Morgan fingerprint density at radius 3 is 2.60 bits per heavy atom. The van der Waals surface area contributed by atoms with Gasteiger partial charge in [-0.2, -0.15) is 0 Å². The highest BCUT2D eigenvalue weighted by Crippen LogP contribution is 2.51. The Labute approximate surface area is 217 Å². The number of nitrogens with two attached hydrogens (primary N) is 1. The molecule has 1 spiro atoms. The minimum atomic E-state index is -1.00. The second-order valence-electron chi connectivity index (χ2n) is 9.33. The molecule has 1 aliphatic carbocycles. The highest BCUT2D eigenvalue weighted by atomic mass is 35.5. The van der Waals surface area contributed by atoms with Crippen LogP contribution < -0.4 is 10.6 Å². The predicted molar refractivity (Wildman–Crippen MR) is 141 cm³/mol. The molecule has 6 nitrogen and oxygen atoms in total. The van der Waals surface area contributed by atoms with E-state index in [1.807, 2.05) is 24.4 Å². The first-order chi connectivity index (χ1) is 16.8. The number of benzene rings is 2. The first kappa shape index (κ1) is 24.4. The fourth-order valence-electron chi connectivity index (χ4n) is 5.17. The van der Waals surface area contributed by atoms with E-state index in [4.69, 9.17) is 17.3 Å². The maximum Gasteiger partial charge on any atom is 0.161 e. The van der Waals surface area contributed by atoms with E-state index in [0.717, 1.165) is 58.6 Å². The van der Waals surface area contributed by atoms with E-state index in [1.54, 1.807) is 24.6 Å². The SMILES string of the molecule is CC(=O)c1cc(Sc2cnc(N3CCC4(CC3)Cc3ccc(S(C)=O)cc3[C@H]4N)cn2)ccc1Cl. The molecule has 5 rings (SSSR count). The number of fused-ring (bicyclic) bond motifs is 1.